The summed E-state index contributed by atoms with van der Waals surface area (Å²) in [6, 6.07) is 2.01. The van der Waals surface area contributed by atoms with Gasteiger partial charge in [0.1, 0.15) is 6.26 Å². The topological polar surface area (TPSA) is 54.3 Å². The van der Waals surface area contributed by atoms with Crippen molar-refractivity contribution in [2.45, 2.75) is 56.5 Å². The highest BCUT2D eigenvalue weighted by molar-refractivity contribution is 5.93. The Morgan fingerprint density at radius 1 is 1.37 bits per heavy atom. The standard InChI is InChI=1S/C15H22N2O2/c18-14(12-5-9-19-11-12)17-13-4-8-16-15(10-13)6-2-1-3-7-15/h5,9,11,13,16H,1-4,6-8,10H2,(H,17,18). The maximum atomic E-state index is 12.1. The number of piperidine rings is 1. The lowest BCUT2D eigenvalue weighted by Crippen LogP contribution is -2.57. The lowest BCUT2D eigenvalue weighted by molar-refractivity contribution is 0.0892. The van der Waals surface area contributed by atoms with E-state index < -0.39 is 0 Å². The molecular formula is C15H22N2O2. The van der Waals surface area contributed by atoms with Crippen LogP contribution >= 0.6 is 0 Å². The molecule has 1 amide bonds. The summed E-state index contributed by atoms with van der Waals surface area (Å²) in [4.78, 5) is 12.1. The van der Waals surface area contributed by atoms with Gasteiger partial charge in [-0.2, -0.15) is 0 Å². The molecule has 3 rings (SSSR count). The van der Waals surface area contributed by atoms with E-state index in [1.807, 2.05) is 0 Å². The summed E-state index contributed by atoms with van der Waals surface area (Å²) in [5.41, 5.74) is 0.904. The molecule has 0 radical (unpaired) electrons. The van der Waals surface area contributed by atoms with E-state index in [4.69, 9.17) is 4.42 Å². The van der Waals surface area contributed by atoms with E-state index in [-0.39, 0.29) is 11.4 Å². The van der Waals surface area contributed by atoms with Crippen LogP contribution in [-0.2, 0) is 0 Å². The van der Waals surface area contributed by atoms with Gasteiger partial charge in [0.25, 0.3) is 5.91 Å². The van der Waals surface area contributed by atoms with Crippen molar-refractivity contribution in [3.05, 3.63) is 24.2 Å². The van der Waals surface area contributed by atoms with Gasteiger partial charge in [0.05, 0.1) is 11.8 Å². The van der Waals surface area contributed by atoms with E-state index in [1.165, 1.54) is 38.4 Å². The van der Waals surface area contributed by atoms with Crippen molar-refractivity contribution in [2.24, 2.45) is 0 Å². The summed E-state index contributed by atoms with van der Waals surface area (Å²) in [6.45, 7) is 1.01. The molecule has 1 atom stereocenters. The SMILES string of the molecule is O=C(NC1CCNC2(CCCCC2)C1)c1ccoc1. The molecule has 1 aromatic heterocycles. The number of rotatable bonds is 2. The number of amides is 1. The van der Waals surface area contributed by atoms with Gasteiger partial charge >= 0.3 is 0 Å². The zero-order valence-corrected chi connectivity index (χ0v) is 11.3. The zero-order chi connectivity index (χ0) is 13.1. The first-order chi connectivity index (χ1) is 9.27. The summed E-state index contributed by atoms with van der Waals surface area (Å²) >= 11 is 0. The lowest BCUT2D eigenvalue weighted by Gasteiger charge is -2.44. The van der Waals surface area contributed by atoms with Crippen LogP contribution in [0.1, 0.15) is 55.3 Å². The van der Waals surface area contributed by atoms with Crippen LogP contribution in [0.2, 0.25) is 0 Å². The Hall–Kier alpha value is -1.29. The number of hydrogen-bond donors (Lipinski definition) is 2. The lowest BCUT2D eigenvalue weighted by atomic mass is 9.75. The molecule has 0 aromatic carbocycles. The van der Waals surface area contributed by atoms with Gasteiger partial charge in [0.2, 0.25) is 0 Å². The quantitative estimate of drug-likeness (QED) is 0.861. The zero-order valence-electron chi connectivity index (χ0n) is 11.3. The van der Waals surface area contributed by atoms with Gasteiger partial charge in [-0.25, -0.2) is 0 Å². The highest BCUT2D eigenvalue weighted by Crippen LogP contribution is 2.34. The summed E-state index contributed by atoms with van der Waals surface area (Å²) in [7, 11) is 0. The molecule has 19 heavy (non-hydrogen) atoms. The third-order valence-electron chi connectivity index (χ3n) is 4.56. The van der Waals surface area contributed by atoms with E-state index in [0.29, 0.717) is 11.6 Å². The second kappa shape index (κ2) is 5.37. The Morgan fingerprint density at radius 3 is 2.95 bits per heavy atom. The molecule has 2 aliphatic rings. The second-order valence-corrected chi connectivity index (χ2v) is 5.94. The van der Waals surface area contributed by atoms with Gasteiger partial charge in [-0.3, -0.25) is 4.79 Å². The third kappa shape index (κ3) is 2.84. The Balaban J connectivity index is 1.60. The number of carbonyl (C=O) groups excluding carboxylic acids is 1. The Labute approximate surface area is 113 Å². The molecular weight excluding hydrogens is 240 g/mol. The predicted octanol–water partition coefficient (Wildman–Crippen LogP) is 2.46. The molecule has 1 unspecified atom stereocenters. The molecule has 4 heteroatoms. The van der Waals surface area contributed by atoms with Crippen LogP contribution in [0.15, 0.2) is 23.0 Å². The summed E-state index contributed by atoms with van der Waals surface area (Å²) < 4.78 is 4.96. The molecule has 104 valence electrons. The van der Waals surface area contributed by atoms with Crippen molar-refractivity contribution in [1.29, 1.82) is 0 Å². The van der Waals surface area contributed by atoms with Crippen molar-refractivity contribution >= 4 is 5.91 Å². The van der Waals surface area contributed by atoms with Gasteiger partial charge in [0.15, 0.2) is 0 Å². The van der Waals surface area contributed by atoms with Crippen molar-refractivity contribution in [1.82, 2.24) is 10.6 Å². The van der Waals surface area contributed by atoms with Crippen LogP contribution in [0.25, 0.3) is 0 Å². The van der Waals surface area contributed by atoms with Crippen LogP contribution < -0.4 is 10.6 Å². The number of hydrogen-bond acceptors (Lipinski definition) is 3. The van der Waals surface area contributed by atoms with E-state index in [9.17, 15) is 4.79 Å². The van der Waals surface area contributed by atoms with Gasteiger partial charge in [-0.15, -0.1) is 0 Å². The molecule has 2 heterocycles. The van der Waals surface area contributed by atoms with Crippen molar-refractivity contribution < 1.29 is 9.21 Å². The molecule has 1 saturated heterocycles. The fourth-order valence-electron chi connectivity index (χ4n) is 3.55. The minimum absolute atomic E-state index is 0.00777. The maximum Gasteiger partial charge on any atom is 0.254 e. The highest BCUT2D eigenvalue weighted by atomic mass is 16.3. The van der Waals surface area contributed by atoms with Crippen molar-refractivity contribution in [2.75, 3.05) is 6.54 Å². The van der Waals surface area contributed by atoms with Crippen molar-refractivity contribution in [3.63, 3.8) is 0 Å². The van der Waals surface area contributed by atoms with Gasteiger partial charge < -0.3 is 15.1 Å². The fraction of sp³-hybridized carbons (Fsp3) is 0.667. The van der Waals surface area contributed by atoms with Crippen LogP contribution in [0.5, 0.6) is 0 Å². The molecule has 0 bridgehead atoms. The van der Waals surface area contributed by atoms with E-state index in [2.05, 4.69) is 10.6 Å². The van der Waals surface area contributed by atoms with E-state index in [0.717, 1.165) is 19.4 Å². The minimum Gasteiger partial charge on any atom is -0.472 e. The Kier molecular flexibility index (Phi) is 3.60. The van der Waals surface area contributed by atoms with Crippen LogP contribution in [-0.4, -0.2) is 24.0 Å². The summed E-state index contributed by atoms with van der Waals surface area (Å²) in [5, 5.41) is 6.86. The monoisotopic (exact) mass is 262 g/mol. The molecule has 2 N–H and O–H groups in total. The summed E-state index contributed by atoms with van der Waals surface area (Å²) in [6.07, 6.45) is 11.6. The first-order valence-corrected chi connectivity index (χ1v) is 7.36. The van der Waals surface area contributed by atoms with Crippen LogP contribution in [0, 0.1) is 0 Å². The van der Waals surface area contributed by atoms with Crippen LogP contribution in [0.3, 0.4) is 0 Å². The van der Waals surface area contributed by atoms with E-state index in [1.54, 1.807) is 12.3 Å². The fourth-order valence-corrected chi connectivity index (χ4v) is 3.55. The molecule has 2 fully saturated rings. The highest BCUT2D eigenvalue weighted by Gasteiger charge is 2.37. The van der Waals surface area contributed by atoms with Gasteiger partial charge in [-0.1, -0.05) is 19.3 Å². The molecule has 1 saturated carbocycles. The molecule has 1 aliphatic carbocycles. The molecule has 4 nitrogen and oxygen atoms in total. The minimum atomic E-state index is -0.00777. The van der Waals surface area contributed by atoms with Crippen LogP contribution in [0.4, 0.5) is 0 Å². The first-order valence-electron chi connectivity index (χ1n) is 7.36. The van der Waals surface area contributed by atoms with E-state index >= 15 is 0 Å². The van der Waals surface area contributed by atoms with Crippen molar-refractivity contribution in [3.8, 4) is 0 Å². The number of furan rings is 1. The molecule has 1 aromatic rings. The smallest absolute Gasteiger partial charge is 0.254 e. The second-order valence-electron chi connectivity index (χ2n) is 5.94. The normalized spacial score (nSPS) is 26.2. The Bertz CT molecular complexity index is 416. The third-order valence-corrected chi connectivity index (χ3v) is 4.56. The molecule has 1 spiro atoms. The number of carbonyl (C=O) groups is 1. The van der Waals surface area contributed by atoms with Gasteiger partial charge in [-0.05, 0) is 38.3 Å². The number of nitrogens with one attached hydrogen (secondary N) is 2. The maximum absolute atomic E-state index is 12.1. The average Bonchev–Trinajstić information content (AvgIpc) is 2.93. The summed E-state index contributed by atoms with van der Waals surface area (Å²) in [5.74, 6) is -0.00777. The Morgan fingerprint density at radius 2 is 2.21 bits per heavy atom. The largest absolute Gasteiger partial charge is 0.472 e. The average molecular weight is 262 g/mol. The molecule has 1 aliphatic heterocycles. The van der Waals surface area contributed by atoms with Gasteiger partial charge in [0, 0.05) is 11.6 Å². The first kappa shape index (κ1) is 12.7. The predicted molar refractivity (Wildman–Crippen MR) is 73.0 cm³/mol.